The molecule has 43 heavy (non-hydrogen) atoms. The van der Waals surface area contributed by atoms with Gasteiger partial charge in [-0.1, -0.05) is 81.8 Å². The summed E-state index contributed by atoms with van der Waals surface area (Å²) >= 11 is 1.98. The summed E-state index contributed by atoms with van der Waals surface area (Å²) in [5, 5.41) is 1.39. The van der Waals surface area contributed by atoms with E-state index in [-0.39, 0.29) is 5.41 Å². The Kier molecular flexibility index (Phi) is 5.67. The number of allylic oxidation sites excluding steroid dienone is 1. The average Bonchev–Trinajstić information content (AvgIpc) is 3.80. The molecule has 4 unspecified atom stereocenters. The average molecular weight is 578 g/mol. The highest BCUT2D eigenvalue weighted by Gasteiger charge is 2.40. The Morgan fingerprint density at radius 2 is 1.53 bits per heavy atom. The molecule has 0 spiro atoms. The lowest BCUT2D eigenvalue weighted by molar-refractivity contribution is 0.420. The van der Waals surface area contributed by atoms with Gasteiger partial charge in [0.25, 0.3) is 0 Å². The molecule has 0 N–H and O–H groups in total. The minimum atomic E-state index is 0.00921. The number of thiophene rings is 1. The predicted molar refractivity (Wildman–Crippen MR) is 184 cm³/mol. The van der Waals surface area contributed by atoms with Crippen molar-refractivity contribution in [3.63, 3.8) is 0 Å². The first-order valence-electron chi connectivity index (χ1n) is 16.3. The van der Waals surface area contributed by atoms with Crippen molar-refractivity contribution < 1.29 is 0 Å². The van der Waals surface area contributed by atoms with E-state index < -0.39 is 0 Å². The summed E-state index contributed by atoms with van der Waals surface area (Å²) in [7, 11) is 0. The molecule has 1 aromatic heterocycles. The smallest absolute Gasteiger partial charge is 0.0468 e. The van der Waals surface area contributed by atoms with Crippen molar-refractivity contribution in [2.75, 3.05) is 4.90 Å². The van der Waals surface area contributed by atoms with Crippen molar-refractivity contribution in [1.82, 2.24) is 0 Å². The van der Waals surface area contributed by atoms with Crippen molar-refractivity contribution in [2.45, 2.75) is 70.1 Å². The van der Waals surface area contributed by atoms with Gasteiger partial charge in [0.2, 0.25) is 0 Å². The third kappa shape index (κ3) is 3.88. The summed E-state index contributed by atoms with van der Waals surface area (Å²) in [6.07, 6.45) is 11.6. The van der Waals surface area contributed by atoms with E-state index in [1.807, 2.05) is 11.3 Å². The maximum Gasteiger partial charge on any atom is 0.0468 e. The summed E-state index contributed by atoms with van der Waals surface area (Å²) in [5.41, 5.74) is 12.3. The van der Waals surface area contributed by atoms with Crippen LogP contribution in [0.2, 0.25) is 0 Å². The standard InChI is InChI=1S/C41H39NS/c1-25-7-6-9-33-36-24-31(18-20-39(36)43-40(25)33)42(29-15-13-27(14-16-29)34-22-26-11-12-28(34)21-26)30-17-19-38-35(23-30)32-8-4-5-10-37(32)41(38,2)3/h4-6,8-10,13-20,23-26,28,34H,7,11-12,21-22H2,1-3H3. The number of benzene rings is 4. The zero-order valence-corrected chi connectivity index (χ0v) is 26.3. The van der Waals surface area contributed by atoms with Crippen LogP contribution in [0.5, 0.6) is 0 Å². The first-order chi connectivity index (χ1) is 21.0. The molecule has 4 aliphatic rings. The van der Waals surface area contributed by atoms with Gasteiger partial charge in [-0.05, 0) is 125 Å². The van der Waals surface area contributed by atoms with E-state index in [0.29, 0.717) is 5.92 Å². The Labute approximate surface area is 259 Å². The van der Waals surface area contributed by atoms with Gasteiger partial charge in [-0.2, -0.15) is 0 Å². The van der Waals surface area contributed by atoms with Gasteiger partial charge < -0.3 is 4.90 Å². The minimum Gasteiger partial charge on any atom is -0.310 e. The van der Waals surface area contributed by atoms with Crippen LogP contribution in [-0.2, 0) is 5.41 Å². The van der Waals surface area contributed by atoms with Crippen LogP contribution in [0, 0.1) is 11.8 Å². The zero-order valence-electron chi connectivity index (χ0n) is 25.4. The first kappa shape index (κ1) is 25.8. The van der Waals surface area contributed by atoms with E-state index in [1.54, 1.807) is 5.56 Å². The van der Waals surface area contributed by atoms with Crippen molar-refractivity contribution in [3.8, 4) is 11.1 Å². The molecule has 214 valence electrons. The fourth-order valence-electron chi connectivity index (χ4n) is 9.12. The van der Waals surface area contributed by atoms with Gasteiger partial charge in [0.15, 0.2) is 0 Å². The summed E-state index contributed by atoms with van der Waals surface area (Å²) in [6, 6.07) is 33.0. The molecule has 4 aliphatic carbocycles. The van der Waals surface area contributed by atoms with Crippen molar-refractivity contribution in [1.29, 1.82) is 0 Å². The van der Waals surface area contributed by atoms with Gasteiger partial charge in [-0.25, -0.2) is 0 Å². The van der Waals surface area contributed by atoms with E-state index >= 15 is 0 Å². The minimum absolute atomic E-state index is 0.00921. The topological polar surface area (TPSA) is 3.24 Å². The van der Waals surface area contributed by atoms with Crippen LogP contribution >= 0.6 is 11.3 Å². The third-order valence-electron chi connectivity index (χ3n) is 11.4. The number of rotatable bonds is 4. The molecule has 2 bridgehead atoms. The number of anilines is 3. The molecule has 0 aliphatic heterocycles. The summed E-state index contributed by atoms with van der Waals surface area (Å²) in [5.74, 6) is 3.21. The van der Waals surface area contributed by atoms with Gasteiger partial charge in [-0.15, -0.1) is 11.3 Å². The Bertz CT molecular complexity index is 1920. The molecule has 5 aromatic rings. The van der Waals surface area contributed by atoms with E-state index in [9.17, 15) is 0 Å². The van der Waals surface area contributed by atoms with Gasteiger partial charge >= 0.3 is 0 Å². The lowest BCUT2D eigenvalue weighted by Gasteiger charge is -2.28. The molecule has 2 heteroatoms. The Balaban J connectivity index is 1.19. The SMILES string of the molecule is CC1CC=Cc2c1sc1ccc(N(c3ccc(C4CC5CCC4C5)cc3)c3ccc4c(c3)-c3ccccc3C4(C)C)cc21. The maximum absolute atomic E-state index is 2.50. The summed E-state index contributed by atoms with van der Waals surface area (Å²) in [6.45, 7) is 7.10. The Hall–Kier alpha value is -3.62. The molecule has 2 fully saturated rings. The molecule has 2 saturated carbocycles. The Morgan fingerprint density at radius 3 is 2.35 bits per heavy atom. The van der Waals surface area contributed by atoms with Crippen LogP contribution in [0.1, 0.15) is 91.8 Å². The molecule has 1 heterocycles. The third-order valence-corrected chi connectivity index (χ3v) is 12.8. The molecule has 0 amide bonds. The number of fused-ring (bicyclic) bond motifs is 8. The van der Waals surface area contributed by atoms with Gasteiger partial charge in [0.1, 0.15) is 0 Å². The highest BCUT2D eigenvalue weighted by molar-refractivity contribution is 7.19. The summed E-state index contributed by atoms with van der Waals surface area (Å²) in [4.78, 5) is 4.03. The molecule has 1 nitrogen and oxygen atoms in total. The highest BCUT2D eigenvalue weighted by Crippen LogP contribution is 2.54. The lowest BCUT2D eigenvalue weighted by Crippen LogP contribution is -2.15. The van der Waals surface area contributed by atoms with Gasteiger partial charge in [-0.3, -0.25) is 0 Å². The number of hydrogen-bond acceptors (Lipinski definition) is 2. The molecule has 9 rings (SSSR count). The monoisotopic (exact) mass is 577 g/mol. The molecule has 0 saturated heterocycles. The van der Waals surface area contributed by atoms with Crippen LogP contribution in [0.4, 0.5) is 17.1 Å². The lowest BCUT2D eigenvalue weighted by atomic mass is 9.82. The quantitative estimate of drug-likeness (QED) is 0.205. The van der Waals surface area contributed by atoms with Crippen LogP contribution in [0.3, 0.4) is 0 Å². The first-order valence-corrected chi connectivity index (χ1v) is 17.1. The second-order valence-electron chi connectivity index (χ2n) is 14.2. The second-order valence-corrected chi connectivity index (χ2v) is 15.3. The van der Waals surface area contributed by atoms with Crippen LogP contribution < -0.4 is 4.90 Å². The molecule has 0 radical (unpaired) electrons. The normalized spacial score (nSPS) is 24.3. The van der Waals surface area contributed by atoms with E-state index in [2.05, 4.69) is 123 Å². The predicted octanol–water partition coefficient (Wildman–Crippen LogP) is 12.1. The van der Waals surface area contributed by atoms with Crippen molar-refractivity contribution in [3.05, 3.63) is 118 Å². The zero-order chi connectivity index (χ0) is 28.9. The largest absolute Gasteiger partial charge is 0.310 e. The maximum atomic E-state index is 2.50. The van der Waals surface area contributed by atoms with Crippen molar-refractivity contribution >= 4 is 44.6 Å². The highest BCUT2D eigenvalue weighted by atomic mass is 32.1. The molecular formula is C41H39NS. The van der Waals surface area contributed by atoms with Crippen LogP contribution in [0.15, 0.2) is 91.0 Å². The fourth-order valence-corrected chi connectivity index (χ4v) is 10.4. The molecule has 4 aromatic carbocycles. The van der Waals surface area contributed by atoms with Crippen LogP contribution in [0.25, 0.3) is 27.3 Å². The van der Waals surface area contributed by atoms with E-state index in [4.69, 9.17) is 0 Å². The molecular weight excluding hydrogens is 539 g/mol. The number of nitrogens with zero attached hydrogens (tertiary/aromatic N) is 1. The number of hydrogen-bond donors (Lipinski definition) is 0. The van der Waals surface area contributed by atoms with Gasteiger partial charge in [0.05, 0.1) is 0 Å². The van der Waals surface area contributed by atoms with Crippen LogP contribution in [-0.4, -0.2) is 0 Å². The van der Waals surface area contributed by atoms with Gasteiger partial charge in [0, 0.05) is 37.4 Å². The van der Waals surface area contributed by atoms with Crippen molar-refractivity contribution in [2.24, 2.45) is 11.8 Å². The fraction of sp³-hybridized carbons (Fsp3) is 0.317. The Morgan fingerprint density at radius 1 is 0.767 bits per heavy atom. The molecule has 4 atom stereocenters. The van der Waals surface area contributed by atoms with E-state index in [0.717, 1.165) is 24.2 Å². The van der Waals surface area contributed by atoms with E-state index in [1.165, 1.54) is 85.5 Å². The summed E-state index contributed by atoms with van der Waals surface area (Å²) < 4.78 is 1.39. The second kappa shape index (κ2) is 9.44.